The van der Waals surface area contributed by atoms with Crippen LogP contribution in [0.3, 0.4) is 0 Å². The van der Waals surface area contributed by atoms with Crippen LogP contribution in [0.15, 0.2) is 24.3 Å². The minimum atomic E-state index is -0.562. The first-order valence-corrected chi connectivity index (χ1v) is 8.61. The number of rotatable bonds is 3. The molecule has 2 aliphatic rings. The van der Waals surface area contributed by atoms with Gasteiger partial charge in [0.05, 0.1) is 29.6 Å². The largest absolute Gasteiger partial charge is 0.330 e. The maximum atomic E-state index is 12.8. The molecule has 2 N–H and O–H groups in total. The fourth-order valence-electron chi connectivity index (χ4n) is 4.01. The molecular formula is C18H22ClN3O. The Labute approximate surface area is 142 Å². The highest BCUT2D eigenvalue weighted by Crippen LogP contribution is 2.52. The molecule has 0 bridgehead atoms. The lowest BCUT2D eigenvalue weighted by molar-refractivity contribution is -0.138. The van der Waals surface area contributed by atoms with Crippen LogP contribution in [-0.2, 0) is 4.79 Å². The molecule has 1 saturated heterocycles. The van der Waals surface area contributed by atoms with Crippen molar-refractivity contribution in [1.29, 1.82) is 5.26 Å². The zero-order valence-corrected chi connectivity index (χ0v) is 14.1. The third-order valence-corrected chi connectivity index (χ3v) is 5.60. The second kappa shape index (κ2) is 6.14. The molecule has 0 radical (unpaired) electrons. The second-order valence-electron chi connectivity index (χ2n) is 6.82. The zero-order valence-electron chi connectivity index (χ0n) is 13.3. The zero-order chi connectivity index (χ0) is 16.6. The van der Waals surface area contributed by atoms with Gasteiger partial charge in [0.25, 0.3) is 0 Å². The Bertz CT molecular complexity index is 648. The van der Waals surface area contributed by atoms with Crippen molar-refractivity contribution in [3.63, 3.8) is 0 Å². The fraction of sp³-hybridized carbons (Fsp3) is 0.556. The maximum Gasteiger partial charge on any atom is 0.240 e. The summed E-state index contributed by atoms with van der Waals surface area (Å²) in [6, 6.07) is 9.51. The first-order valence-electron chi connectivity index (χ1n) is 8.23. The van der Waals surface area contributed by atoms with Crippen molar-refractivity contribution in [3.05, 3.63) is 34.9 Å². The van der Waals surface area contributed by atoms with E-state index in [2.05, 4.69) is 6.07 Å². The molecule has 3 rings (SSSR count). The summed E-state index contributed by atoms with van der Waals surface area (Å²) in [5.41, 5.74) is 6.53. The summed E-state index contributed by atoms with van der Waals surface area (Å²) >= 11 is 6.12. The summed E-state index contributed by atoms with van der Waals surface area (Å²) in [7, 11) is 0. The van der Waals surface area contributed by atoms with Gasteiger partial charge in [-0.05, 0) is 50.3 Å². The number of hydrogen-bond donors (Lipinski definition) is 1. The van der Waals surface area contributed by atoms with Crippen LogP contribution in [0.4, 0.5) is 0 Å². The van der Waals surface area contributed by atoms with E-state index in [0.29, 0.717) is 5.02 Å². The van der Waals surface area contributed by atoms with E-state index in [1.165, 1.54) is 0 Å². The molecule has 1 aliphatic carbocycles. The summed E-state index contributed by atoms with van der Waals surface area (Å²) in [5, 5.41) is 10.4. The Kier molecular flexibility index (Phi) is 4.35. The second-order valence-corrected chi connectivity index (χ2v) is 7.26. The van der Waals surface area contributed by atoms with Crippen LogP contribution >= 0.6 is 11.6 Å². The summed E-state index contributed by atoms with van der Waals surface area (Å²) in [6.07, 6.45) is 4.51. The maximum absolute atomic E-state index is 12.8. The van der Waals surface area contributed by atoms with Gasteiger partial charge in [-0.2, -0.15) is 5.26 Å². The number of hydrogen-bond acceptors (Lipinski definition) is 3. The van der Waals surface area contributed by atoms with E-state index < -0.39 is 11.5 Å². The van der Waals surface area contributed by atoms with Crippen LogP contribution in [0.25, 0.3) is 0 Å². The lowest BCUT2D eigenvalue weighted by Crippen LogP contribution is -2.53. The molecule has 3 atom stereocenters. The third-order valence-electron chi connectivity index (χ3n) is 5.37. The molecule has 1 aromatic carbocycles. The predicted molar refractivity (Wildman–Crippen MR) is 89.6 cm³/mol. The standard InChI is InChI=1S/C18H22ClN3O/c1-12(21)17(23)22-15(13-4-2-5-14(19)10-13)6-7-16(22)18(11-20)8-3-9-18/h2,4-5,10,12,15-16H,3,6-9,21H2,1H3/t12-,15+,16-/m1/s1. The Morgan fingerprint density at radius 2 is 2.22 bits per heavy atom. The number of benzene rings is 1. The van der Waals surface area contributed by atoms with Gasteiger partial charge in [0.15, 0.2) is 0 Å². The number of carbonyl (C=O) groups excluding carboxylic acids is 1. The molecule has 4 nitrogen and oxygen atoms in total. The van der Waals surface area contributed by atoms with E-state index in [9.17, 15) is 10.1 Å². The van der Waals surface area contributed by atoms with Crippen molar-refractivity contribution >= 4 is 17.5 Å². The number of nitrogens with two attached hydrogens (primary N) is 1. The molecule has 1 aromatic rings. The molecule has 122 valence electrons. The number of carbonyl (C=O) groups is 1. The smallest absolute Gasteiger partial charge is 0.240 e. The van der Waals surface area contributed by atoms with Crippen LogP contribution in [0.5, 0.6) is 0 Å². The summed E-state index contributed by atoms with van der Waals surface area (Å²) in [5.74, 6) is -0.0704. The number of nitriles is 1. The van der Waals surface area contributed by atoms with Crippen molar-refractivity contribution in [2.24, 2.45) is 11.1 Å². The molecule has 23 heavy (non-hydrogen) atoms. The molecule has 0 aromatic heterocycles. The molecule has 0 spiro atoms. The molecule has 2 fully saturated rings. The average molecular weight is 332 g/mol. The topological polar surface area (TPSA) is 70.1 Å². The molecular weight excluding hydrogens is 310 g/mol. The minimum absolute atomic E-state index is 0.0382. The molecule has 0 unspecified atom stereocenters. The van der Waals surface area contributed by atoms with Gasteiger partial charge < -0.3 is 10.6 Å². The highest BCUT2D eigenvalue weighted by molar-refractivity contribution is 6.30. The predicted octanol–water partition coefficient (Wildman–Crippen LogP) is 3.41. The van der Waals surface area contributed by atoms with E-state index in [0.717, 1.165) is 37.7 Å². The van der Waals surface area contributed by atoms with Crippen molar-refractivity contribution < 1.29 is 4.79 Å². The van der Waals surface area contributed by atoms with Crippen LogP contribution < -0.4 is 5.73 Å². The average Bonchev–Trinajstić information content (AvgIpc) is 2.91. The van der Waals surface area contributed by atoms with E-state index in [4.69, 9.17) is 17.3 Å². The summed E-state index contributed by atoms with van der Waals surface area (Å²) in [4.78, 5) is 14.7. The SMILES string of the molecule is C[C@@H](N)C(=O)N1[C@H](c2cccc(Cl)c2)CC[C@@H]1C1(C#N)CCC1. The minimum Gasteiger partial charge on any atom is -0.330 e. The van der Waals surface area contributed by atoms with Gasteiger partial charge in [0.2, 0.25) is 5.91 Å². The molecule has 1 aliphatic heterocycles. The van der Waals surface area contributed by atoms with E-state index >= 15 is 0 Å². The number of halogens is 1. The third kappa shape index (κ3) is 2.73. The van der Waals surface area contributed by atoms with Gasteiger partial charge in [0.1, 0.15) is 0 Å². The highest BCUT2D eigenvalue weighted by Gasteiger charge is 2.53. The molecule has 1 amide bonds. The first-order chi connectivity index (χ1) is 11.0. The van der Waals surface area contributed by atoms with Gasteiger partial charge in [-0.15, -0.1) is 0 Å². The monoisotopic (exact) mass is 331 g/mol. The summed E-state index contributed by atoms with van der Waals surface area (Å²) < 4.78 is 0. The number of likely N-dealkylation sites (tertiary alicyclic amines) is 1. The normalized spacial score (nSPS) is 27.1. The van der Waals surface area contributed by atoms with Crippen LogP contribution in [0.1, 0.15) is 50.6 Å². The number of amides is 1. The molecule has 5 heteroatoms. The Morgan fingerprint density at radius 1 is 1.48 bits per heavy atom. The lowest BCUT2D eigenvalue weighted by atomic mass is 9.64. The van der Waals surface area contributed by atoms with Crippen molar-refractivity contribution in [1.82, 2.24) is 4.90 Å². The van der Waals surface area contributed by atoms with Crippen molar-refractivity contribution in [2.45, 2.75) is 57.2 Å². The van der Waals surface area contributed by atoms with Crippen molar-refractivity contribution in [2.75, 3.05) is 0 Å². The first kappa shape index (κ1) is 16.3. The van der Waals surface area contributed by atoms with E-state index in [-0.39, 0.29) is 18.0 Å². The van der Waals surface area contributed by atoms with Crippen molar-refractivity contribution in [3.8, 4) is 6.07 Å². The summed E-state index contributed by atoms with van der Waals surface area (Å²) in [6.45, 7) is 1.71. The molecule has 1 heterocycles. The quantitative estimate of drug-likeness (QED) is 0.922. The fourth-order valence-corrected chi connectivity index (χ4v) is 4.21. The van der Waals surface area contributed by atoms with Gasteiger partial charge in [-0.1, -0.05) is 30.2 Å². The molecule has 1 saturated carbocycles. The Hall–Kier alpha value is -1.57. The Balaban J connectivity index is 1.97. The van der Waals surface area contributed by atoms with E-state index in [1.807, 2.05) is 29.2 Å². The van der Waals surface area contributed by atoms with Crippen LogP contribution in [0, 0.1) is 16.7 Å². The highest BCUT2D eigenvalue weighted by atomic mass is 35.5. The van der Waals surface area contributed by atoms with Gasteiger partial charge in [-0.25, -0.2) is 0 Å². The number of nitrogens with zero attached hydrogens (tertiary/aromatic N) is 2. The van der Waals surface area contributed by atoms with Gasteiger partial charge >= 0.3 is 0 Å². The lowest BCUT2D eigenvalue weighted by Gasteiger charge is -2.46. The Morgan fingerprint density at radius 3 is 2.74 bits per heavy atom. The van der Waals surface area contributed by atoms with Crippen LogP contribution in [0.2, 0.25) is 5.02 Å². The van der Waals surface area contributed by atoms with Gasteiger partial charge in [0, 0.05) is 5.02 Å². The van der Waals surface area contributed by atoms with E-state index in [1.54, 1.807) is 6.92 Å². The van der Waals surface area contributed by atoms with Crippen LogP contribution in [-0.4, -0.2) is 22.9 Å². The van der Waals surface area contributed by atoms with Gasteiger partial charge in [-0.3, -0.25) is 4.79 Å².